The number of thiol groups is 1. The zero-order valence-corrected chi connectivity index (χ0v) is 7.52. The largest absolute Gasteiger partial charge is 0.293 e. The summed E-state index contributed by atoms with van der Waals surface area (Å²) in [5, 5.41) is 6.94. The van der Waals surface area contributed by atoms with Crippen molar-refractivity contribution < 1.29 is 0 Å². The van der Waals surface area contributed by atoms with Gasteiger partial charge in [-0.2, -0.15) is 12.6 Å². The summed E-state index contributed by atoms with van der Waals surface area (Å²) in [6.45, 7) is 1.90. The molecule has 0 fully saturated rings. The van der Waals surface area contributed by atoms with Crippen molar-refractivity contribution in [3.8, 4) is 0 Å². The molecule has 0 aromatic carbocycles. The number of hydrogen-bond donors (Lipinski definition) is 2. The quantitative estimate of drug-likeness (QED) is 0.384. The van der Waals surface area contributed by atoms with Gasteiger partial charge in [-0.15, -0.1) is 11.6 Å². The summed E-state index contributed by atoms with van der Waals surface area (Å²) in [7, 11) is 0. The van der Waals surface area contributed by atoms with Crippen molar-refractivity contribution in [3.05, 3.63) is 0 Å². The molecule has 0 spiro atoms. The number of alkyl halides is 1. The Labute approximate surface area is 70.6 Å². The van der Waals surface area contributed by atoms with Gasteiger partial charge in [-0.25, -0.2) is 0 Å². The zero-order valence-electron chi connectivity index (χ0n) is 5.12. The third-order valence-corrected chi connectivity index (χ3v) is 1.98. The lowest BCUT2D eigenvalue weighted by Crippen LogP contribution is -2.13. The Kier molecular flexibility index (Phi) is 3.94. The molecule has 1 N–H and O–H groups in total. The van der Waals surface area contributed by atoms with Crippen LogP contribution in [0.15, 0.2) is 0 Å². The lowest BCUT2D eigenvalue weighted by molar-refractivity contribution is 0.795. The van der Waals surface area contributed by atoms with Gasteiger partial charge < -0.3 is 0 Å². The number of halogens is 2. The second-order valence-corrected chi connectivity index (χ2v) is 4.15. The first-order valence-electron chi connectivity index (χ1n) is 2.62. The maximum Gasteiger partial charge on any atom is 0.0995 e. The molecule has 0 aromatic heterocycles. The van der Waals surface area contributed by atoms with Crippen LogP contribution in [0.3, 0.4) is 0 Å². The van der Waals surface area contributed by atoms with E-state index in [0.29, 0.717) is 12.8 Å². The molecule has 0 heterocycles. The highest BCUT2D eigenvalue weighted by Gasteiger charge is 2.20. The van der Waals surface area contributed by atoms with Gasteiger partial charge in [-0.05, 0) is 6.42 Å². The number of rotatable bonds is 3. The number of hydrogen-bond acceptors (Lipinski definition) is 2. The van der Waals surface area contributed by atoms with Crippen molar-refractivity contribution in [3.63, 3.8) is 0 Å². The molecular formula is C5H9Cl2NS. The maximum atomic E-state index is 6.89. The van der Waals surface area contributed by atoms with E-state index in [1.807, 2.05) is 6.92 Å². The molecule has 0 radical (unpaired) electrons. The maximum absolute atomic E-state index is 6.89. The second-order valence-electron chi connectivity index (χ2n) is 1.85. The van der Waals surface area contributed by atoms with E-state index >= 15 is 0 Å². The van der Waals surface area contributed by atoms with E-state index in [2.05, 4.69) is 12.6 Å². The molecule has 0 amide bonds. The van der Waals surface area contributed by atoms with Gasteiger partial charge in [0.1, 0.15) is 0 Å². The van der Waals surface area contributed by atoms with Crippen molar-refractivity contribution in [1.29, 1.82) is 5.41 Å². The van der Waals surface area contributed by atoms with Gasteiger partial charge in [0.2, 0.25) is 0 Å². The van der Waals surface area contributed by atoms with Crippen molar-refractivity contribution in [2.45, 2.75) is 24.0 Å². The van der Waals surface area contributed by atoms with Gasteiger partial charge in [0.25, 0.3) is 0 Å². The first-order valence-corrected chi connectivity index (χ1v) is 3.82. The Morgan fingerprint density at radius 1 is 1.78 bits per heavy atom. The highest BCUT2D eigenvalue weighted by atomic mass is 35.5. The molecule has 9 heavy (non-hydrogen) atoms. The van der Waals surface area contributed by atoms with Crippen molar-refractivity contribution in [2.75, 3.05) is 0 Å². The van der Waals surface area contributed by atoms with Crippen LogP contribution in [0.4, 0.5) is 0 Å². The van der Waals surface area contributed by atoms with Crippen LogP contribution in [0.1, 0.15) is 19.8 Å². The molecule has 0 saturated heterocycles. The molecule has 54 valence electrons. The summed E-state index contributed by atoms with van der Waals surface area (Å²) in [6.07, 6.45) is 1.03. The van der Waals surface area contributed by atoms with Crippen molar-refractivity contribution >= 4 is 41.0 Å². The topological polar surface area (TPSA) is 23.9 Å². The minimum atomic E-state index is -0.626. The van der Waals surface area contributed by atoms with Crippen LogP contribution in [0, 0.1) is 5.41 Å². The molecule has 0 saturated carbocycles. The molecule has 0 rings (SSSR count). The summed E-state index contributed by atoms with van der Waals surface area (Å²) in [6, 6.07) is 0. The Balaban J connectivity index is 3.71. The minimum absolute atomic E-state index is 0.0573. The van der Waals surface area contributed by atoms with Gasteiger partial charge in [0.05, 0.1) is 9.38 Å². The van der Waals surface area contributed by atoms with Crippen LogP contribution >= 0.6 is 35.8 Å². The summed E-state index contributed by atoms with van der Waals surface area (Å²) >= 11 is 15.1. The molecule has 1 nitrogen and oxygen atoms in total. The first-order chi connectivity index (χ1) is 3.98. The van der Waals surface area contributed by atoms with Crippen LogP contribution < -0.4 is 0 Å². The smallest absolute Gasteiger partial charge is 0.0995 e. The minimum Gasteiger partial charge on any atom is -0.293 e. The monoisotopic (exact) mass is 185 g/mol. The number of nitrogens with one attached hydrogen (secondary N) is 1. The van der Waals surface area contributed by atoms with E-state index in [4.69, 9.17) is 28.6 Å². The Morgan fingerprint density at radius 3 is 2.33 bits per heavy atom. The van der Waals surface area contributed by atoms with E-state index in [9.17, 15) is 0 Å². The fourth-order valence-electron chi connectivity index (χ4n) is 0.363. The molecule has 0 aliphatic carbocycles. The molecule has 4 heteroatoms. The highest BCUT2D eigenvalue weighted by Crippen LogP contribution is 2.28. The molecule has 1 atom stereocenters. The van der Waals surface area contributed by atoms with Gasteiger partial charge >= 0.3 is 0 Å². The summed E-state index contributed by atoms with van der Waals surface area (Å²) in [4.78, 5) is 0. The van der Waals surface area contributed by atoms with Crippen LogP contribution in [0.2, 0.25) is 0 Å². The lowest BCUT2D eigenvalue weighted by Gasteiger charge is -2.16. The van der Waals surface area contributed by atoms with Crippen molar-refractivity contribution in [2.24, 2.45) is 0 Å². The van der Waals surface area contributed by atoms with Gasteiger partial charge in [-0.3, -0.25) is 5.41 Å². The molecule has 0 unspecified atom stereocenters. The first kappa shape index (κ1) is 9.60. The van der Waals surface area contributed by atoms with Crippen LogP contribution in [0.25, 0.3) is 0 Å². The third-order valence-electron chi connectivity index (χ3n) is 0.968. The summed E-state index contributed by atoms with van der Waals surface area (Å²) < 4.78 is -0.626. The predicted molar refractivity (Wildman–Crippen MR) is 46.1 cm³/mol. The fraction of sp³-hybridized carbons (Fsp3) is 0.800. The second kappa shape index (κ2) is 3.69. The van der Waals surface area contributed by atoms with E-state index in [1.54, 1.807) is 0 Å². The van der Waals surface area contributed by atoms with Gasteiger partial charge in [0.15, 0.2) is 0 Å². The molecule has 0 aliphatic rings. The normalized spacial score (nSPS) is 16.9. The molecule has 0 aromatic rings. The SMILES string of the molecule is CC[C@](S)(Cl)CC(=N)Cl. The predicted octanol–water partition coefficient (Wildman–Crippen LogP) is 2.87. The summed E-state index contributed by atoms with van der Waals surface area (Å²) in [5.41, 5.74) is 0. The van der Waals surface area contributed by atoms with E-state index < -0.39 is 4.21 Å². The average molecular weight is 186 g/mol. The Morgan fingerprint density at radius 2 is 2.22 bits per heavy atom. The van der Waals surface area contributed by atoms with E-state index in [1.165, 1.54) is 0 Å². The van der Waals surface area contributed by atoms with Gasteiger partial charge in [-0.1, -0.05) is 18.5 Å². The average Bonchev–Trinajstić information content (AvgIpc) is 1.63. The Bertz CT molecular complexity index is 114. The van der Waals surface area contributed by atoms with Crippen LogP contribution in [-0.2, 0) is 0 Å². The standard InChI is InChI=1S/C5H9Cl2NS/c1-2-5(7,9)3-4(6)8/h8-9H,2-3H2,1H3/t5-/m1/s1. The zero-order chi connectivity index (χ0) is 7.49. The van der Waals surface area contributed by atoms with E-state index in [-0.39, 0.29) is 5.17 Å². The molecular weight excluding hydrogens is 177 g/mol. The molecule has 0 aliphatic heterocycles. The van der Waals surface area contributed by atoms with Crippen LogP contribution in [0.5, 0.6) is 0 Å². The molecule has 0 bridgehead atoms. The highest BCUT2D eigenvalue weighted by molar-refractivity contribution is 7.83. The lowest BCUT2D eigenvalue weighted by atomic mass is 10.2. The van der Waals surface area contributed by atoms with Crippen molar-refractivity contribution in [1.82, 2.24) is 0 Å². The Hall–Kier alpha value is 0.600. The van der Waals surface area contributed by atoms with Crippen LogP contribution in [-0.4, -0.2) is 9.38 Å². The summed E-state index contributed by atoms with van der Waals surface area (Å²) in [5.74, 6) is 0. The third kappa shape index (κ3) is 5.07. The van der Waals surface area contributed by atoms with Gasteiger partial charge in [0, 0.05) is 6.42 Å². The van der Waals surface area contributed by atoms with E-state index in [0.717, 1.165) is 0 Å². The fourth-order valence-corrected chi connectivity index (χ4v) is 1.04.